The number of hydrogen-bond acceptors (Lipinski definition) is 7. The van der Waals surface area contributed by atoms with Crippen LogP contribution in [0.4, 0.5) is 10.5 Å². The van der Waals surface area contributed by atoms with Crippen molar-refractivity contribution in [1.82, 2.24) is 10.1 Å². The van der Waals surface area contributed by atoms with Gasteiger partial charge in [-0.3, -0.25) is 10.1 Å². The molecule has 0 spiro atoms. The summed E-state index contributed by atoms with van der Waals surface area (Å²) in [5.41, 5.74) is 2.12. The van der Waals surface area contributed by atoms with E-state index in [9.17, 15) is 14.7 Å². The first kappa shape index (κ1) is 25.0. The number of anilines is 1. The Labute approximate surface area is 205 Å². The molecule has 0 radical (unpaired) electrons. The number of carbonyl (C=O) groups is 2. The Kier molecular flexibility index (Phi) is 7.93. The van der Waals surface area contributed by atoms with E-state index in [1.54, 1.807) is 19.1 Å². The standard InChI is InChI=1S/C26H35N3O6/c1-15-22(34-20-11-7-10-19(14-20)25(30)31)13-12-21(27-15)24-23(16(2)29-35-24)28-26(32)33-17(3)18-8-5-4-6-9-18/h12-13,17-20H,4-11,14H2,1-3H3,(H,28,32)(H,30,31)/t17-,19?,20?/m1/s1. The van der Waals surface area contributed by atoms with Crippen LogP contribution in [-0.4, -0.2) is 39.5 Å². The molecule has 2 heterocycles. The lowest BCUT2D eigenvalue weighted by Gasteiger charge is -2.27. The minimum absolute atomic E-state index is 0.151. The van der Waals surface area contributed by atoms with Crippen LogP contribution in [0.5, 0.6) is 5.75 Å². The molecule has 2 aromatic rings. The molecule has 2 aromatic heterocycles. The lowest BCUT2D eigenvalue weighted by atomic mass is 9.86. The molecular weight excluding hydrogens is 450 g/mol. The van der Waals surface area contributed by atoms with Crippen molar-refractivity contribution in [1.29, 1.82) is 0 Å². The molecule has 0 saturated heterocycles. The second kappa shape index (κ2) is 11.1. The van der Waals surface area contributed by atoms with Crippen molar-refractivity contribution in [3.63, 3.8) is 0 Å². The number of carboxylic acids is 1. The summed E-state index contributed by atoms with van der Waals surface area (Å²) >= 11 is 0. The molecular formula is C26H35N3O6. The minimum Gasteiger partial charge on any atom is -0.489 e. The van der Waals surface area contributed by atoms with Gasteiger partial charge in [-0.05, 0) is 77.3 Å². The average Bonchev–Trinajstić information content (AvgIpc) is 3.20. The number of aliphatic carboxylic acids is 1. The summed E-state index contributed by atoms with van der Waals surface area (Å²) in [5.74, 6) is 0.215. The van der Waals surface area contributed by atoms with Gasteiger partial charge in [-0.1, -0.05) is 24.4 Å². The second-order valence-corrected chi connectivity index (χ2v) is 9.83. The fourth-order valence-electron chi connectivity index (χ4n) is 5.15. The van der Waals surface area contributed by atoms with Gasteiger partial charge in [0.05, 0.1) is 17.7 Å². The predicted octanol–water partition coefficient (Wildman–Crippen LogP) is 5.89. The van der Waals surface area contributed by atoms with Gasteiger partial charge in [0.1, 0.15) is 28.9 Å². The molecule has 35 heavy (non-hydrogen) atoms. The maximum atomic E-state index is 12.6. The summed E-state index contributed by atoms with van der Waals surface area (Å²) in [4.78, 5) is 28.6. The van der Waals surface area contributed by atoms with Crippen molar-refractivity contribution in [2.24, 2.45) is 11.8 Å². The van der Waals surface area contributed by atoms with E-state index in [0.717, 1.165) is 25.7 Å². The predicted molar refractivity (Wildman–Crippen MR) is 129 cm³/mol. The van der Waals surface area contributed by atoms with Crippen LogP contribution in [0.1, 0.15) is 76.1 Å². The number of carboxylic acid groups (broad SMARTS) is 1. The van der Waals surface area contributed by atoms with Crippen molar-refractivity contribution in [2.45, 2.75) is 90.8 Å². The quantitative estimate of drug-likeness (QED) is 0.497. The van der Waals surface area contributed by atoms with Crippen LogP contribution in [0.25, 0.3) is 11.5 Å². The van der Waals surface area contributed by atoms with Crippen molar-refractivity contribution >= 4 is 17.7 Å². The second-order valence-electron chi connectivity index (χ2n) is 9.83. The van der Waals surface area contributed by atoms with Gasteiger partial charge in [0.2, 0.25) is 5.76 Å². The molecule has 0 aliphatic heterocycles. The Bertz CT molecular complexity index is 1050. The van der Waals surface area contributed by atoms with Crippen LogP contribution in [0.3, 0.4) is 0 Å². The minimum atomic E-state index is -0.768. The summed E-state index contributed by atoms with van der Waals surface area (Å²) in [7, 11) is 0. The Balaban J connectivity index is 1.42. The van der Waals surface area contributed by atoms with Crippen LogP contribution >= 0.6 is 0 Å². The summed E-state index contributed by atoms with van der Waals surface area (Å²) in [6, 6.07) is 3.55. The van der Waals surface area contributed by atoms with E-state index in [0.29, 0.717) is 53.0 Å². The molecule has 2 unspecified atom stereocenters. The van der Waals surface area contributed by atoms with Gasteiger partial charge in [-0.15, -0.1) is 0 Å². The van der Waals surface area contributed by atoms with Crippen molar-refractivity contribution in [2.75, 3.05) is 5.32 Å². The number of amides is 1. The van der Waals surface area contributed by atoms with E-state index >= 15 is 0 Å². The maximum Gasteiger partial charge on any atom is 0.412 e. The SMILES string of the molecule is Cc1nc(-c2onc(C)c2NC(=O)O[C@H](C)C2CCCCC2)ccc1OC1CCCC(C(=O)O)C1. The molecule has 2 aliphatic carbocycles. The maximum absolute atomic E-state index is 12.6. The third-order valence-electron chi connectivity index (χ3n) is 7.24. The van der Waals surface area contributed by atoms with Gasteiger partial charge in [0.15, 0.2) is 0 Å². The highest BCUT2D eigenvalue weighted by Gasteiger charge is 2.29. The highest BCUT2D eigenvalue weighted by atomic mass is 16.6. The summed E-state index contributed by atoms with van der Waals surface area (Å²) < 4.78 is 17.3. The summed E-state index contributed by atoms with van der Waals surface area (Å²) in [5, 5.41) is 16.1. The van der Waals surface area contributed by atoms with Gasteiger partial charge in [-0.25, -0.2) is 9.78 Å². The normalized spacial score (nSPS) is 21.8. The molecule has 3 atom stereocenters. The van der Waals surface area contributed by atoms with E-state index in [4.69, 9.17) is 14.0 Å². The number of hydrogen-bond donors (Lipinski definition) is 2. The Hall–Kier alpha value is -3.10. The zero-order valence-corrected chi connectivity index (χ0v) is 20.7. The molecule has 9 heteroatoms. The topological polar surface area (TPSA) is 124 Å². The van der Waals surface area contributed by atoms with Crippen LogP contribution < -0.4 is 10.1 Å². The van der Waals surface area contributed by atoms with Crippen molar-refractivity contribution in [3.05, 3.63) is 23.5 Å². The summed E-state index contributed by atoms with van der Waals surface area (Å²) in [6.07, 6.45) is 7.77. The number of rotatable bonds is 7. The molecule has 9 nitrogen and oxygen atoms in total. The highest BCUT2D eigenvalue weighted by Crippen LogP contribution is 2.34. The van der Waals surface area contributed by atoms with E-state index < -0.39 is 12.1 Å². The van der Waals surface area contributed by atoms with Crippen LogP contribution in [-0.2, 0) is 9.53 Å². The Morgan fingerprint density at radius 2 is 1.86 bits per heavy atom. The molecule has 4 rings (SSSR count). The van der Waals surface area contributed by atoms with Gasteiger partial charge in [-0.2, -0.15) is 0 Å². The number of pyridine rings is 1. The fraction of sp³-hybridized carbons (Fsp3) is 0.615. The van der Waals surface area contributed by atoms with Gasteiger partial charge in [0.25, 0.3) is 0 Å². The first-order valence-corrected chi connectivity index (χ1v) is 12.6. The third-order valence-corrected chi connectivity index (χ3v) is 7.24. The zero-order chi connectivity index (χ0) is 24.9. The van der Waals surface area contributed by atoms with Crippen LogP contribution in [0.15, 0.2) is 16.7 Å². The monoisotopic (exact) mass is 485 g/mol. The van der Waals surface area contributed by atoms with E-state index in [-0.39, 0.29) is 18.1 Å². The van der Waals surface area contributed by atoms with Crippen LogP contribution in [0, 0.1) is 25.7 Å². The number of carbonyl (C=O) groups excluding carboxylic acids is 1. The molecule has 190 valence electrons. The van der Waals surface area contributed by atoms with E-state index in [1.807, 2.05) is 13.8 Å². The van der Waals surface area contributed by atoms with E-state index in [2.05, 4.69) is 15.5 Å². The number of ether oxygens (including phenoxy) is 2. The zero-order valence-electron chi connectivity index (χ0n) is 20.7. The molecule has 0 aromatic carbocycles. The first-order chi connectivity index (χ1) is 16.8. The number of nitrogens with one attached hydrogen (secondary N) is 1. The van der Waals surface area contributed by atoms with Gasteiger partial charge in [0, 0.05) is 0 Å². The third kappa shape index (κ3) is 6.13. The Morgan fingerprint density at radius 1 is 1.09 bits per heavy atom. The largest absolute Gasteiger partial charge is 0.489 e. The number of nitrogens with zero attached hydrogens (tertiary/aromatic N) is 2. The molecule has 2 N–H and O–H groups in total. The lowest BCUT2D eigenvalue weighted by Crippen LogP contribution is -2.29. The van der Waals surface area contributed by atoms with Gasteiger partial charge < -0.3 is 19.1 Å². The lowest BCUT2D eigenvalue weighted by molar-refractivity contribution is -0.143. The highest BCUT2D eigenvalue weighted by molar-refractivity contribution is 5.90. The smallest absolute Gasteiger partial charge is 0.412 e. The number of aromatic nitrogens is 2. The van der Waals surface area contributed by atoms with Crippen LogP contribution in [0.2, 0.25) is 0 Å². The molecule has 2 aliphatic rings. The summed E-state index contributed by atoms with van der Waals surface area (Å²) in [6.45, 7) is 5.53. The Morgan fingerprint density at radius 3 is 2.57 bits per heavy atom. The number of aryl methyl sites for hydroxylation is 2. The van der Waals surface area contributed by atoms with Crippen molar-refractivity contribution < 1.29 is 28.7 Å². The molecule has 2 saturated carbocycles. The molecule has 0 bridgehead atoms. The van der Waals surface area contributed by atoms with E-state index in [1.165, 1.54) is 19.3 Å². The molecule has 2 fully saturated rings. The average molecular weight is 486 g/mol. The van der Waals surface area contributed by atoms with Gasteiger partial charge >= 0.3 is 12.1 Å². The molecule has 1 amide bonds. The van der Waals surface area contributed by atoms with Crippen molar-refractivity contribution in [3.8, 4) is 17.2 Å². The fourth-order valence-corrected chi connectivity index (χ4v) is 5.15. The first-order valence-electron chi connectivity index (χ1n) is 12.6.